The molecule has 0 aromatic rings. The lowest BCUT2D eigenvalue weighted by Gasteiger charge is -2.37. The number of aliphatic carboxylic acids is 1. The number of urea groups is 1. The minimum absolute atomic E-state index is 0.0200. The van der Waals surface area contributed by atoms with Crippen LogP contribution >= 0.6 is 0 Å². The molecular formula is C14H25N3O4. The first kappa shape index (κ1) is 17.3. The van der Waals surface area contributed by atoms with E-state index in [0.29, 0.717) is 45.7 Å². The van der Waals surface area contributed by atoms with Gasteiger partial charge in [0.05, 0.1) is 0 Å². The van der Waals surface area contributed by atoms with E-state index in [-0.39, 0.29) is 24.8 Å². The van der Waals surface area contributed by atoms with Crippen LogP contribution in [0.3, 0.4) is 0 Å². The van der Waals surface area contributed by atoms with Crippen LogP contribution in [0.5, 0.6) is 0 Å². The number of hydrogen-bond acceptors (Lipinski definition) is 3. The SMILES string of the molecule is CCN(CC)C(=O)N1CCN(C(=O)CCCC(=O)O)CC1. The van der Waals surface area contributed by atoms with E-state index in [1.54, 1.807) is 14.7 Å². The third kappa shape index (κ3) is 5.24. The molecule has 3 amide bonds. The quantitative estimate of drug-likeness (QED) is 0.788. The Hall–Kier alpha value is -1.79. The number of carbonyl (C=O) groups is 3. The maximum atomic E-state index is 12.2. The molecule has 0 aromatic heterocycles. The van der Waals surface area contributed by atoms with Crippen molar-refractivity contribution in [2.24, 2.45) is 0 Å². The van der Waals surface area contributed by atoms with E-state index >= 15 is 0 Å². The maximum absolute atomic E-state index is 12.2. The van der Waals surface area contributed by atoms with Crippen LogP contribution in [0.25, 0.3) is 0 Å². The predicted octanol–water partition coefficient (Wildman–Crippen LogP) is 0.847. The Bertz CT molecular complexity index is 374. The molecule has 0 spiro atoms. The highest BCUT2D eigenvalue weighted by atomic mass is 16.4. The maximum Gasteiger partial charge on any atom is 0.320 e. The van der Waals surface area contributed by atoms with Crippen LogP contribution in [-0.2, 0) is 9.59 Å². The summed E-state index contributed by atoms with van der Waals surface area (Å²) in [5.74, 6) is -0.899. The van der Waals surface area contributed by atoms with Crippen LogP contribution in [0.2, 0.25) is 0 Å². The lowest BCUT2D eigenvalue weighted by atomic mass is 10.2. The van der Waals surface area contributed by atoms with Gasteiger partial charge in [0.2, 0.25) is 5.91 Å². The number of carboxylic acids is 1. The second-order valence-corrected chi connectivity index (χ2v) is 5.07. The van der Waals surface area contributed by atoms with Crippen molar-refractivity contribution in [1.82, 2.24) is 14.7 Å². The fraction of sp³-hybridized carbons (Fsp3) is 0.786. The van der Waals surface area contributed by atoms with Gasteiger partial charge in [-0.1, -0.05) is 0 Å². The van der Waals surface area contributed by atoms with Crippen molar-refractivity contribution in [3.8, 4) is 0 Å². The van der Waals surface area contributed by atoms with Gasteiger partial charge in [0.15, 0.2) is 0 Å². The molecule has 7 heteroatoms. The Morgan fingerprint density at radius 3 is 1.95 bits per heavy atom. The molecule has 1 rings (SSSR count). The Balaban J connectivity index is 2.36. The molecule has 0 atom stereocenters. The van der Waals surface area contributed by atoms with Gasteiger partial charge in [-0.3, -0.25) is 9.59 Å². The van der Waals surface area contributed by atoms with E-state index in [2.05, 4.69) is 0 Å². The standard InChI is InChI=1S/C14H25N3O4/c1-3-15(4-2)14(21)17-10-8-16(9-11-17)12(18)6-5-7-13(19)20/h3-11H2,1-2H3,(H,19,20). The van der Waals surface area contributed by atoms with Gasteiger partial charge in [-0.2, -0.15) is 0 Å². The first-order valence-corrected chi connectivity index (χ1v) is 7.53. The molecule has 21 heavy (non-hydrogen) atoms. The lowest BCUT2D eigenvalue weighted by molar-refractivity contribution is -0.137. The van der Waals surface area contributed by atoms with Crippen molar-refractivity contribution in [3.05, 3.63) is 0 Å². The van der Waals surface area contributed by atoms with Gasteiger partial charge >= 0.3 is 12.0 Å². The van der Waals surface area contributed by atoms with E-state index in [9.17, 15) is 14.4 Å². The molecule has 0 bridgehead atoms. The van der Waals surface area contributed by atoms with Crippen molar-refractivity contribution in [2.45, 2.75) is 33.1 Å². The Kier molecular flexibility index (Phi) is 6.98. The van der Waals surface area contributed by atoms with Gasteiger partial charge in [-0.25, -0.2) is 4.79 Å². The van der Waals surface area contributed by atoms with E-state index in [1.807, 2.05) is 13.8 Å². The zero-order valence-corrected chi connectivity index (χ0v) is 12.9. The van der Waals surface area contributed by atoms with E-state index in [0.717, 1.165) is 0 Å². The lowest BCUT2D eigenvalue weighted by Crippen LogP contribution is -2.54. The van der Waals surface area contributed by atoms with Crippen LogP contribution in [0.15, 0.2) is 0 Å². The molecule has 120 valence electrons. The second-order valence-electron chi connectivity index (χ2n) is 5.07. The number of amides is 3. The fourth-order valence-corrected chi connectivity index (χ4v) is 2.39. The van der Waals surface area contributed by atoms with Crippen LogP contribution in [0.1, 0.15) is 33.1 Å². The van der Waals surface area contributed by atoms with Crippen LogP contribution in [0.4, 0.5) is 4.79 Å². The molecule has 0 unspecified atom stereocenters. The molecule has 1 heterocycles. The number of carbonyl (C=O) groups excluding carboxylic acids is 2. The molecule has 1 aliphatic heterocycles. The summed E-state index contributed by atoms with van der Waals surface area (Å²) in [5, 5.41) is 8.56. The fourth-order valence-electron chi connectivity index (χ4n) is 2.39. The summed E-state index contributed by atoms with van der Waals surface area (Å²) < 4.78 is 0. The van der Waals surface area contributed by atoms with Gasteiger partial charge in [0, 0.05) is 52.1 Å². The molecule has 7 nitrogen and oxygen atoms in total. The average molecular weight is 299 g/mol. The zero-order chi connectivity index (χ0) is 15.8. The van der Waals surface area contributed by atoms with Crippen LogP contribution < -0.4 is 0 Å². The molecule has 1 fully saturated rings. The monoisotopic (exact) mass is 299 g/mol. The molecule has 1 saturated heterocycles. The molecular weight excluding hydrogens is 274 g/mol. The van der Waals surface area contributed by atoms with E-state index < -0.39 is 5.97 Å². The highest BCUT2D eigenvalue weighted by Crippen LogP contribution is 2.08. The Morgan fingerprint density at radius 1 is 0.952 bits per heavy atom. The minimum atomic E-state index is -0.877. The summed E-state index contributed by atoms with van der Waals surface area (Å²) in [5.41, 5.74) is 0. The third-order valence-corrected chi connectivity index (χ3v) is 3.72. The van der Waals surface area contributed by atoms with Gasteiger partial charge in [-0.15, -0.1) is 0 Å². The molecule has 0 saturated carbocycles. The smallest absolute Gasteiger partial charge is 0.320 e. The average Bonchev–Trinajstić information content (AvgIpc) is 2.48. The second kappa shape index (κ2) is 8.49. The van der Waals surface area contributed by atoms with Crippen LogP contribution in [0, 0.1) is 0 Å². The minimum Gasteiger partial charge on any atom is -0.481 e. The molecule has 0 aromatic carbocycles. The summed E-state index contributed by atoms with van der Waals surface area (Å²) in [7, 11) is 0. The van der Waals surface area contributed by atoms with Gasteiger partial charge in [0.1, 0.15) is 0 Å². The van der Waals surface area contributed by atoms with E-state index in [4.69, 9.17) is 5.11 Å². The zero-order valence-electron chi connectivity index (χ0n) is 12.9. The number of nitrogens with zero attached hydrogens (tertiary/aromatic N) is 3. The third-order valence-electron chi connectivity index (χ3n) is 3.72. The topological polar surface area (TPSA) is 81.2 Å². The molecule has 1 aliphatic rings. The van der Waals surface area contributed by atoms with Gasteiger partial charge < -0.3 is 19.8 Å². The molecule has 1 N–H and O–H groups in total. The summed E-state index contributed by atoms with van der Waals surface area (Å²) in [6.07, 6.45) is 0.648. The summed E-state index contributed by atoms with van der Waals surface area (Å²) in [4.78, 5) is 39.8. The molecule has 0 radical (unpaired) electrons. The highest BCUT2D eigenvalue weighted by molar-refractivity contribution is 5.78. The predicted molar refractivity (Wildman–Crippen MR) is 78.0 cm³/mol. The van der Waals surface area contributed by atoms with Gasteiger partial charge in [0.25, 0.3) is 0 Å². The Labute approximate surface area is 125 Å². The van der Waals surface area contributed by atoms with Gasteiger partial charge in [-0.05, 0) is 20.3 Å². The van der Waals surface area contributed by atoms with Crippen LogP contribution in [-0.4, -0.2) is 77.0 Å². The number of carboxylic acid groups (broad SMARTS) is 1. The van der Waals surface area contributed by atoms with Crippen molar-refractivity contribution in [1.29, 1.82) is 0 Å². The highest BCUT2D eigenvalue weighted by Gasteiger charge is 2.25. The summed E-state index contributed by atoms with van der Waals surface area (Å²) >= 11 is 0. The normalized spacial score (nSPS) is 15.0. The van der Waals surface area contributed by atoms with E-state index in [1.165, 1.54) is 0 Å². The first-order chi connectivity index (χ1) is 9.99. The Morgan fingerprint density at radius 2 is 1.48 bits per heavy atom. The largest absolute Gasteiger partial charge is 0.481 e. The number of hydrogen-bond donors (Lipinski definition) is 1. The first-order valence-electron chi connectivity index (χ1n) is 7.53. The summed E-state index contributed by atoms with van der Waals surface area (Å²) in [6.45, 7) is 7.40. The number of rotatable bonds is 6. The molecule has 0 aliphatic carbocycles. The number of piperazine rings is 1. The van der Waals surface area contributed by atoms with Crippen molar-refractivity contribution >= 4 is 17.9 Å². The summed E-state index contributed by atoms with van der Waals surface area (Å²) in [6, 6.07) is 0.0259. The van der Waals surface area contributed by atoms with Crippen molar-refractivity contribution in [3.63, 3.8) is 0 Å². The van der Waals surface area contributed by atoms with Crippen molar-refractivity contribution < 1.29 is 19.5 Å². The van der Waals surface area contributed by atoms with Crippen molar-refractivity contribution in [2.75, 3.05) is 39.3 Å².